The highest BCUT2D eigenvalue weighted by molar-refractivity contribution is 5.92. The Morgan fingerprint density at radius 2 is 2.00 bits per heavy atom. The normalized spacial score (nSPS) is 15.9. The summed E-state index contributed by atoms with van der Waals surface area (Å²) >= 11 is 0. The summed E-state index contributed by atoms with van der Waals surface area (Å²) in [7, 11) is 3.24. The van der Waals surface area contributed by atoms with Crippen LogP contribution in [0.1, 0.15) is 40.8 Å². The molecule has 1 saturated heterocycles. The third kappa shape index (κ3) is 3.83. The van der Waals surface area contributed by atoms with Gasteiger partial charge in [0.25, 0.3) is 11.5 Å². The summed E-state index contributed by atoms with van der Waals surface area (Å²) < 4.78 is 18.2. The third-order valence-corrected chi connectivity index (χ3v) is 5.41. The first-order chi connectivity index (χ1) is 14.6. The van der Waals surface area contributed by atoms with E-state index in [1.807, 2.05) is 23.1 Å². The van der Waals surface area contributed by atoms with Gasteiger partial charge in [-0.05, 0) is 49.2 Å². The van der Waals surface area contributed by atoms with Gasteiger partial charge in [0.1, 0.15) is 17.3 Å². The largest absolute Gasteiger partial charge is 0.497 e. The molecule has 3 heterocycles. The number of carbonyl (C=O) groups is 1. The molecule has 1 fully saturated rings. The fourth-order valence-electron chi connectivity index (χ4n) is 3.91. The van der Waals surface area contributed by atoms with Crippen LogP contribution < -0.4 is 15.0 Å². The van der Waals surface area contributed by atoms with Gasteiger partial charge in [0.15, 0.2) is 5.76 Å². The lowest BCUT2D eigenvalue weighted by Gasteiger charge is -2.26. The molecule has 7 nitrogen and oxygen atoms in total. The molecule has 0 aliphatic carbocycles. The van der Waals surface area contributed by atoms with Crippen LogP contribution in [0, 0.1) is 0 Å². The number of ether oxygens (including phenoxy) is 2. The SMILES string of the molecule is COc1ccc(OC)c(C2CCCN2C(=O)c2ccc(Cn3ccccc3=O)o2)c1. The van der Waals surface area contributed by atoms with Crippen LogP contribution in [0.2, 0.25) is 0 Å². The molecule has 1 aromatic carbocycles. The van der Waals surface area contributed by atoms with E-state index >= 15 is 0 Å². The third-order valence-electron chi connectivity index (χ3n) is 5.41. The van der Waals surface area contributed by atoms with E-state index in [0.717, 1.165) is 29.9 Å². The number of rotatable bonds is 6. The number of aromatic nitrogens is 1. The van der Waals surface area contributed by atoms with E-state index < -0.39 is 0 Å². The van der Waals surface area contributed by atoms with Crippen LogP contribution in [0.15, 0.2) is 63.9 Å². The van der Waals surface area contributed by atoms with Crippen molar-refractivity contribution in [3.8, 4) is 11.5 Å². The number of nitrogens with zero attached hydrogens (tertiary/aromatic N) is 2. The first-order valence-corrected chi connectivity index (χ1v) is 9.88. The lowest BCUT2D eigenvalue weighted by atomic mass is 10.0. The Morgan fingerprint density at radius 3 is 2.77 bits per heavy atom. The molecular weight excluding hydrogens is 384 g/mol. The average molecular weight is 408 g/mol. The Labute approximate surface area is 174 Å². The van der Waals surface area contributed by atoms with Crippen LogP contribution in [0.5, 0.6) is 11.5 Å². The predicted molar refractivity (Wildman–Crippen MR) is 111 cm³/mol. The highest BCUT2D eigenvalue weighted by Crippen LogP contribution is 2.39. The van der Waals surface area contributed by atoms with E-state index in [4.69, 9.17) is 13.9 Å². The maximum Gasteiger partial charge on any atom is 0.290 e. The van der Waals surface area contributed by atoms with E-state index in [1.165, 1.54) is 10.6 Å². The second kappa shape index (κ2) is 8.49. The zero-order chi connectivity index (χ0) is 21.1. The van der Waals surface area contributed by atoms with E-state index in [0.29, 0.717) is 12.3 Å². The molecule has 1 atom stereocenters. The van der Waals surface area contributed by atoms with Crippen LogP contribution in [-0.2, 0) is 6.54 Å². The first kappa shape index (κ1) is 19.8. The molecule has 1 unspecified atom stereocenters. The van der Waals surface area contributed by atoms with Crippen LogP contribution in [0.25, 0.3) is 0 Å². The van der Waals surface area contributed by atoms with Crippen LogP contribution in [-0.4, -0.2) is 36.1 Å². The molecule has 0 bridgehead atoms. The molecule has 156 valence electrons. The summed E-state index contributed by atoms with van der Waals surface area (Å²) in [6.45, 7) is 0.915. The van der Waals surface area contributed by atoms with Crippen molar-refractivity contribution in [3.63, 3.8) is 0 Å². The van der Waals surface area contributed by atoms with Crippen LogP contribution in [0.4, 0.5) is 0 Å². The fourth-order valence-corrected chi connectivity index (χ4v) is 3.91. The average Bonchev–Trinajstić information content (AvgIpc) is 3.44. The van der Waals surface area contributed by atoms with Crippen molar-refractivity contribution in [2.75, 3.05) is 20.8 Å². The summed E-state index contributed by atoms with van der Waals surface area (Å²) in [4.78, 5) is 26.9. The van der Waals surface area contributed by atoms with Gasteiger partial charge in [-0.3, -0.25) is 9.59 Å². The second-order valence-corrected chi connectivity index (χ2v) is 7.20. The van der Waals surface area contributed by atoms with Gasteiger partial charge in [-0.1, -0.05) is 6.07 Å². The van der Waals surface area contributed by atoms with Gasteiger partial charge < -0.3 is 23.4 Å². The van der Waals surface area contributed by atoms with Crippen LogP contribution in [0.3, 0.4) is 0 Å². The number of amides is 1. The Hall–Kier alpha value is -3.48. The molecule has 1 amide bonds. The molecule has 1 aliphatic heterocycles. The minimum atomic E-state index is -0.172. The van der Waals surface area contributed by atoms with Crippen molar-refractivity contribution in [2.45, 2.75) is 25.4 Å². The first-order valence-electron chi connectivity index (χ1n) is 9.88. The van der Waals surface area contributed by atoms with Gasteiger partial charge in [-0.25, -0.2) is 0 Å². The monoisotopic (exact) mass is 408 g/mol. The Bertz CT molecular complexity index is 1100. The molecule has 0 spiro atoms. The predicted octanol–water partition coefficient (Wildman–Crippen LogP) is 3.48. The molecule has 7 heteroatoms. The molecule has 3 aromatic rings. The standard InChI is InChI=1S/C23H24N2O5/c1-28-16-8-10-20(29-2)18(14-16)19-6-5-13-25(19)23(27)21-11-9-17(30-21)15-24-12-4-3-7-22(24)26/h3-4,7-12,14,19H,5-6,13,15H2,1-2H3. The zero-order valence-corrected chi connectivity index (χ0v) is 17.0. The minimum Gasteiger partial charge on any atom is -0.497 e. The van der Waals surface area contributed by atoms with Crippen molar-refractivity contribution < 1.29 is 18.7 Å². The molecule has 1 aliphatic rings. The number of methoxy groups -OCH3 is 2. The Balaban J connectivity index is 1.57. The molecule has 30 heavy (non-hydrogen) atoms. The van der Waals surface area contributed by atoms with E-state index in [1.54, 1.807) is 44.7 Å². The Morgan fingerprint density at radius 1 is 1.13 bits per heavy atom. The second-order valence-electron chi connectivity index (χ2n) is 7.20. The van der Waals surface area contributed by atoms with Gasteiger partial charge >= 0.3 is 0 Å². The molecule has 0 N–H and O–H groups in total. The van der Waals surface area contributed by atoms with E-state index in [2.05, 4.69) is 0 Å². The smallest absolute Gasteiger partial charge is 0.290 e. The van der Waals surface area contributed by atoms with Crippen molar-refractivity contribution in [1.29, 1.82) is 0 Å². The van der Waals surface area contributed by atoms with Crippen molar-refractivity contribution in [2.24, 2.45) is 0 Å². The minimum absolute atomic E-state index is 0.118. The zero-order valence-electron chi connectivity index (χ0n) is 17.0. The number of likely N-dealkylation sites (tertiary alicyclic amines) is 1. The number of carbonyl (C=O) groups excluding carboxylic acids is 1. The van der Waals surface area contributed by atoms with Gasteiger partial charge in [-0.2, -0.15) is 0 Å². The van der Waals surface area contributed by atoms with E-state index in [-0.39, 0.29) is 29.8 Å². The quantitative estimate of drug-likeness (QED) is 0.624. The molecule has 0 saturated carbocycles. The number of hydrogen-bond acceptors (Lipinski definition) is 5. The summed E-state index contributed by atoms with van der Waals surface area (Å²) in [5, 5.41) is 0. The summed E-state index contributed by atoms with van der Waals surface area (Å²) in [5.41, 5.74) is 0.803. The number of hydrogen-bond donors (Lipinski definition) is 0. The lowest BCUT2D eigenvalue weighted by Crippen LogP contribution is -2.30. The molecule has 4 rings (SSSR count). The van der Waals surface area contributed by atoms with Crippen LogP contribution >= 0.6 is 0 Å². The highest BCUT2D eigenvalue weighted by Gasteiger charge is 2.34. The van der Waals surface area contributed by atoms with Crippen molar-refractivity contribution >= 4 is 5.91 Å². The molecular formula is C23H24N2O5. The summed E-state index contributed by atoms with van der Waals surface area (Å²) in [6, 6.07) is 13.9. The fraction of sp³-hybridized carbons (Fsp3) is 0.304. The summed E-state index contributed by atoms with van der Waals surface area (Å²) in [6.07, 6.45) is 3.42. The lowest BCUT2D eigenvalue weighted by molar-refractivity contribution is 0.0699. The topological polar surface area (TPSA) is 73.9 Å². The summed E-state index contributed by atoms with van der Waals surface area (Å²) in [5.74, 6) is 2.10. The van der Waals surface area contributed by atoms with Gasteiger partial charge in [0.2, 0.25) is 0 Å². The Kier molecular flexibility index (Phi) is 5.61. The van der Waals surface area contributed by atoms with Crippen molar-refractivity contribution in [1.82, 2.24) is 9.47 Å². The van der Waals surface area contributed by atoms with Gasteiger partial charge in [0, 0.05) is 24.4 Å². The number of pyridine rings is 1. The number of furan rings is 1. The highest BCUT2D eigenvalue weighted by atomic mass is 16.5. The number of benzene rings is 1. The maximum absolute atomic E-state index is 13.2. The van der Waals surface area contributed by atoms with Gasteiger partial charge in [-0.15, -0.1) is 0 Å². The van der Waals surface area contributed by atoms with Gasteiger partial charge in [0.05, 0.1) is 26.8 Å². The molecule has 2 aromatic heterocycles. The van der Waals surface area contributed by atoms with Crippen molar-refractivity contribution in [3.05, 3.63) is 82.2 Å². The van der Waals surface area contributed by atoms with E-state index in [9.17, 15) is 9.59 Å². The maximum atomic E-state index is 13.2. The molecule has 0 radical (unpaired) electrons.